The summed E-state index contributed by atoms with van der Waals surface area (Å²) in [6.07, 6.45) is 2.73. The van der Waals surface area contributed by atoms with Crippen molar-refractivity contribution in [1.29, 1.82) is 0 Å². The van der Waals surface area contributed by atoms with Gasteiger partial charge in [0.1, 0.15) is 11.6 Å². The minimum atomic E-state index is -0.735. The summed E-state index contributed by atoms with van der Waals surface area (Å²) in [6.45, 7) is 0. The van der Waals surface area contributed by atoms with Crippen molar-refractivity contribution in [3.8, 4) is 11.4 Å². The third-order valence-corrected chi connectivity index (χ3v) is 4.22. The monoisotopic (exact) mass is 437 g/mol. The minimum Gasteiger partial charge on any atom is -0.322 e. The van der Waals surface area contributed by atoms with Gasteiger partial charge in [0, 0.05) is 23.6 Å². The van der Waals surface area contributed by atoms with Crippen LogP contribution in [-0.4, -0.2) is 15.9 Å². The van der Waals surface area contributed by atoms with Crippen LogP contribution in [0.25, 0.3) is 11.4 Å². The van der Waals surface area contributed by atoms with Crippen LogP contribution in [0.3, 0.4) is 0 Å². The molecular weight excluding hydrogens is 427 g/mol. The fraction of sp³-hybridized carbons (Fsp3) is 0. The molecule has 3 aromatic rings. The summed E-state index contributed by atoms with van der Waals surface area (Å²) in [4.78, 5) is 20.4. The molecule has 0 aliphatic heterocycles. The molecule has 0 unspecified atom stereocenters. The molecule has 0 bridgehead atoms. The lowest BCUT2D eigenvalue weighted by atomic mass is 10.2. The minimum absolute atomic E-state index is 0.0301. The molecule has 1 N–H and O–H groups in total. The fourth-order valence-corrected chi connectivity index (χ4v) is 2.32. The van der Waals surface area contributed by atoms with Gasteiger partial charge >= 0.3 is 0 Å². The van der Waals surface area contributed by atoms with Crippen LogP contribution in [0.15, 0.2) is 54.9 Å². The lowest BCUT2D eigenvalue weighted by Gasteiger charge is -2.07. The molecule has 120 valence electrons. The van der Waals surface area contributed by atoms with Crippen LogP contribution in [0.1, 0.15) is 10.4 Å². The van der Waals surface area contributed by atoms with Gasteiger partial charge in [0.25, 0.3) is 5.91 Å². The maximum absolute atomic E-state index is 13.5. The van der Waals surface area contributed by atoms with Gasteiger partial charge in [0.2, 0.25) is 0 Å². The molecular formula is C17H10F2IN3O. The average Bonchev–Trinajstić information content (AvgIpc) is 2.60. The van der Waals surface area contributed by atoms with Crippen molar-refractivity contribution < 1.29 is 13.6 Å². The van der Waals surface area contributed by atoms with Gasteiger partial charge in [-0.25, -0.2) is 18.7 Å². The normalized spacial score (nSPS) is 10.5. The molecule has 1 amide bonds. The number of aromatic nitrogens is 2. The van der Waals surface area contributed by atoms with E-state index in [-0.39, 0.29) is 14.8 Å². The second kappa shape index (κ2) is 7.00. The van der Waals surface area contributed by atoms with Crippen molar-refractivity contribution in [3.05, 3.63) is 75.6 Å². The van der Waals surface area contributed by atoms with E-state index in [0.29, 0.717) is 5.82 Å². The summed E-state index contributed by atoms with van der Waals surface area (Å²) >= 11 is 1.56. The number of benzene rings is 2. The first-order valence-corrected chi connectivity index (χ1v) is 7.96. The largest absolute Gasteiger partial charge is 0.322 e. The van der Waals surface area contributed by atoms with E-state index < -0.39 is 17.5 Å². The van der Waals surface area contributed by atoms with Crippen LogP contribution in [0.4, 0.5) is 14.5 Å². The Morgan fingerprint density at radius 2 is 1.58 bits per heavy atom. The third-order valence-electron chi connectivity index (χ3n) is 3.19. The molecule has 2 aromatic carbocycles. The SMILES string of the molecule is O=C(Nc1cc(F)c(I)c(F)c1)c1cnc(-c2ccccc2)nc1. The van der Waals surface area contributed by atoms with Crippen LogP contribution < -0.4 is 5.32 Å². The van der Waals surface area contributed by atoms with Crippen LogP contribution >= 0.6 is 22.6 Å². The lowest BCUT2D eigenvalue weighted by Crippen LogP contribution is -2.13. The smallest absolute Gasteiger partial charge is 0.258 e. The van der Waals surface area contributed by atoms with E-state index in [1.165, 1.54) is 12.4 Å². The molecule has 0 saturated carbocycles. The quantitative estimate of drug-likeness (QED) is 0.492. The molecule has 0 atom stereocenters. The third kappa shape index (κ3) is 3.56. The molecule has 0 radical (unpaired) electrons. The Morgan fingerprint density at radius 1 is 1.00 bits per heavy atom. The van der Waals surface area contributed by atoms with Crippen molar-refractivity contribution in [3.63, 3.8) is 0 Å². The van der Waals surface area contributed by atoms with Gasteiger partial charge in [0.05, 0.1) is 9.13 Å². The molecule has 7 heteroatoms. The van der Waals surface area contributed by atoms with Crippen LogP contribution in [-0.2, 0) is 0 Å². The van der Waals surface area contributed by atoms with E-state index in [4.69, 9.17) is 0 Å². The zero-order valence-corrected chi connectivity index (χ0v) is 14.3. The van der Waals surface area contributed by atoms with Gasteiger partial charge in [-0.2, -0.15) is 0 Å². The first-order valence-electron chi connectivity index (χ1n) is 6.88. The highest BCUT2D eigenvalue weighted by Crippen LogP contribution is 2.21. The number of amides is 1. The molecule has 0 aliphatic carbocycles. The van der Waals surface area contributed by atoms with Gasteiger partial charge in [-0.15, -0.1) is 0 Å². The number of halogens is 3. The van der Waals surface area contributed by atoms with Crippen molar-refractivity contribution in [2.24, 2.45) is 0 Å². The number of hydrogen-bond donors (Lipinski definition) is 1. The Bertz CT molecular complexity index is 863. The van der Waals surface area contributed by atoms with Gasteiger partial charge in [-0.3, -0.25) is 4.79 Å². The maximum atomic E-state index is 13.5. The van der Waals surface area contributed by atoms with E-state index in [2.05, 4.69) is 15.3 Å². The van der Waals surface area contributed by atoms with Crippen LogP contribution in [0, 0.1) is 15.2 Å². The van der Waals surface area contributed by atoms with E-state index in [1.54, 1.807) is 22.6 Å². The zero-order chi connectivity index (χ0) is 17.1. The van der Waals surface area contributed by atoms with E-state index in [1.807, 2.05) is 30.3 Å². The standard InChI is InChI=1S/C17H10F2IN3O/c18-13-6-12(7-14(19)15(13)20)23-17(24)11-8-21-16(22-9-11)10-4-2-1-3-5-10/h1-9H,(H,23,24). The lowest BCUT2D eigenvalue weighted by molar-refractivity contribution is 0.102. The fourth-order valence-electron chi connectivity index (χ4n) is 2.01. The summed E-state index contributed by atoms with van der Waals surface area (Å²) in [5.41, 5.74) is 1.04. The molecule has 24 heavy (non-hydrogen) atoms. The van der Waals surface area contributed by atoms with Crippen molar-refractivity contribution in [2.45, 2.75) is 0 Å². The second-order valence-electron chi connectivity index (χ2n) is 4.87. The highest BCUT2D eigenvalue weighted by Gasteiger charge is 2.12. The maximum Gasteiger partial charge on any atom is 0.258 e. The summed E-state index contributed by atoms with van der Waals surface area (Å²) in [6, 6.07) is 11.4. The summed E-state index contributed by atoms with van der Waals surface area (Å²) in [5.74, 6) is -1.53. The number of nitrogens with one attached hydrogen (secondary N) is 1. The van der Waals surface area contributed by atoms with Crippen molar-refractivity contribution >= 4 is 34.2 Å². The molecule has 0 saturated heterocycles. The molecule has 1 aromatic heterocycles. The zero-order valence-electron chi connectivity index (χ0n) is 12.1. The van der Waals surface area contributed by atoms with E-state index >= 15 is 0 Å². The predicted octanol–water partition coefficient (Wildman–Crippen LogP) is 4.28. The average molecular weight is 437 g/mol. The molecule has 3 rings (SSSR count). The molecule has 0 aliphatic rings. The van der Waals surface area contributed by atoms with Gasteiger partial charge in [-0.05, 0) is 34.7 Å². The summed E-state index contributed by atoms with van der Waals surface area (Å²) in [7, 11) is 0. The van der Waals surface area contributed by atoms with Crippen LogP contribution in [0.2, 0.25) is 0 Å². The van der Waals surface area contributed by atoms with Gasteiger partial charge in [0.15, 0.2) is 5.82 Å². The molecule has 4 nitrogen and oxygen atoms in total. The topological polar surface area (TPSA) is 54.9 Å². The number of carbonyl (C=O) groups excluding carboxylic acids is 1. The first kappa shape index (κ1) is 16.4. The Balaban J connectivity index is 1.78. The highest BCUT2D eigenvalue weighted by atomic mass is 127. The van der Waals surface area contributed by atoms with Gasteiger partial charge < -0.3 is 5.32 Å². The Hall–Kier alpha value is -2.42. The Labute approximate surface area is 150 Å². The predicted molar refractivity (Wildman–Crippen MR) is 94.5 cm³/mol. The Morgan fingerprint density at radius 3 is 2.17 bits per heavy atom. The molecule has 0 fully saturated rings. The first-order chi connectivity index (χ1) is 11.5. The number of anilines is 1. The van der Waals surface area contributed by atoms with E-state index in [0.717, 1.165) is 17.7 Å². The van der Waals surface area contributed by atoms with Gasteiger partial charge in [-0.1, -0.05) is 30.3 Å². The highest BCUT2D eigenvalue weighted by molar-refractivity contribution is 14.1. The van der Waals surface area contributed by atoms with Crippen LogP contribution in [0.5, 0.6) is 0 Å². The molecule has 0 spiro atoms. The number of nitrogens with zero attached hydrogens (tertiary/aromatic N) is 2. The van der Waals surface area contributed by atoms with E-state index in [9.17, 15) is 13.6 Å². The summed E-state index contributed by atoms with van der Waals surface area (Å²) < 4.78 is 26.9. The molecule has 1 heterocycles. The summed E-state index contributed by atoms with van der Waals surface area (Å²) in [5, 5.41) is 2.42. The second-order valence-corrected chi connectivity index (χ2v) is 5.95. The van der Waals surface area contributed by atoms with Crippen molar-refractivity contribution in [2.75, 3.05) is 5.32 Å². The number of rotatable bonds is 3. The number of hydrogen-bond acceptors (Lipinski definition) is 3. The Kier molecular flexibility index (Phi) is 4.79. The van der Waals surface area contributed by atoms with Crippen molar-refractivity contribution in [1.82, 2.24) is 9.97 Å². The number of carbonyl (C=O) groups is 1.